The van der Waals surface area contributed by atoms with Crippen molar-refractivity contribution >= 4 is 11.9 Å². The summed E-state index contributed by atoms with van der Waals surface area (Å²) in [4.78, 5) is 19.8. The fraction of sp³-hybridized carbons (Fsp3) is 0.300. The molecule has 2 heterocycles. The highest BCUT2D eigenvalue weighted by molar-refractivity contribution is 5.69. The molecule has 28 heavy (non-hydrogen) atoms. The zero-order chi connectivity index (χ0) is 19.5. The molecule has 8 heteroatoms. The van der Waals surface area contributed by atoms with E-state index in [0.29, 0.717) is 24.0 Å². The summed E-state index contributed by atoms with van der Waals surface area (Å²) in [7, 11) is 0. The third-order valence-electron chi connectivity index (χ3n) is 4.65. The van der Waals surface area contributed by atoms with Gasteiger partial charge in [-0.25, -0.2) is 9.97 Å². The molecule has 0 amide bonds. The van der Waals surface area contributed by atoms with Gasteiger partial charge in [-0.15, -0.1) is 5.10 Å². The molecule has 0 atom stereocenters. The van der Waals surface area contributed by atoms with Gasteiger partial charge in [0.2, 0.25) is 11.8 Å². The summed E-state index contributed by atoms with van der Waals surface area (Å²) in [5, 5.41) is 16.5. The third kappa shape index (κ3) is 3.80. The third-order valence-corrected chi connectivity index (χ3v) is 4.65. The molecule has 1 aliphatic carbocycles. The molecule has 2 aromatic heterocycles. The van der Waals surface area contributed by atoms with Gasteiger partial charge in [0, 0.05) is 30.2 Å². The number of aliphatic carboxylic acids is 1. The number of ether oxygens (including phenoxy) is 1. The average molecular weight is 379 g/mol. The largest absolute Gasteiger partial charge is 0.480 e. The molecule has 4 rings (SSSR count). The molecule has 0 radical (unpaired) electrons. The van der Waals surface area contributed by atoms with Gasteiger partial charge in [0.05, 0.1) is 12.2 Å². The summed E-state index contributed by atoms with van der Waals surface area (Å²) in [6.45, 7) is 2.05. The van der Waals surface area contributed by atoms with Crippen molar-refractivity contribution in [1.29, 1.82) is 0 Å². The molecule has 0 bridgehead atoms. The maximum atomic E-state index is 10.9. The number of fused-ring (bicyclic) bond motifs is 1. The number of hydrogen-bond donors (Lipinski definition) is 2. The first kappa shape index (κ1) is 18.0. The smallest absolute Gasteiger partial charge is 0.325 e. The summed E-state index contributed by atoms with van der Waals surface area (Å²) in [6.07, 6.45) is 6.94. The lowest BCUT2D eigenvalue weighted by molar-refractivity contribution is -0.137. The van der Waals surface area contributed by atoms with Crippen LogP contribution in [0.2, 0.25) is 0 Å². The van der Waals surface area contributed by atoms with Crippen LogP contribution in [0.3, 0.4) is 0 Å². The van der Waals surface area contributed by atoms with Gasteiger partial charge in [-0.2, -0.15) is 0 Å². The Hall–Kier alpha value is -3.42. The van der Waals surface area contributed by atoms with Gasteiger partial charge < -0.3 is 15.2 Å². The van der Waals surface area contributed by atoms with Crippen molar-refractivity contribution in [3.05, 3.63) is 54.0 Å². The van der Waals surface area contributed by atoms with Crippen LogP contribution < -0.4 is 10.1 Å². The minimum absolute atomic E-state index is 0.233. The summed E-state index contributed by atoms with van der Waals surface area (Å²) < 4.78 is 6.87. The van der Waals surface area contributed by atoms with Crippen LogP contribution >= 0.6 is 0 Å². The number of hydrogen-bond acceptors (Lipinski definition) is 6. The van der Waals surface area contributed by atoms with Gasteiger partial charge in [-0.3, -0.25) is 9.48 Å². The maximum Gasteiger partial charge on any atom is 0.325 e. The standard InChI is InChI=1S/C20H21N5O3/c1-2-28-19-17(11-25(24-19)12-18(26)27)15-9-21-20(22-10-15)23-16-7-13-5-3-4-6-14(13)8-16/h3-6,9-11,16H,2,7-8,12H2,1H3,(H,26,27)(H,21,22,23). The molecule has 0 fully saturated rings. The van der Waals surface area contributed by atoms with E-state index < -0.39 is 5.97 Å². The van der Waals surface area contributed by atoms with Crippen molar-refractivity contribution in [1.82, 2.24) is 19.7 Å². The zero-order valence-corrected chi connectivity index (χ0v) is 15.5. The van der Waals surface area contributed by atoms with E-state index in [1.54, 1.807) is 18.6 Å². The van der Waals surface area contributed by atoms with Crippen molar-refractivity contribution in [2.75, 3.05) is 11.9 Å². The van der Waals surface area contributed by atoms with Crippen LogP contribution in [-0.4, -0.2) is 43.5 Å². The molecule has 8 nitrogen and oxygen atoms in total. The molecule has 3 aromatic rings. The molecule has 0 unspecified atom stereocenters. The van der Waals surface area contributed by atoms with Gasteiger partial charge >= 0.3 is 5.97 Å². The Bertz CT molecular complexity index is 959. The molecule has 0 saturated carbocycles. The summed E-state index contributed by atoms with van der Waals surface area (Å²) in [5.41, 5.74) is 4.12. The lowest BCUT2D eigenvalue weighted by Gasteiger charge is -2.12. The number of rotatable bonds is 7. The highest BCUT2D eigenvalue weighted by Gasteiger charge is 2.21. The molecular weight excluding hydrogens is 358 g/mol. The Kier molecular flexibility index (Phi) is 4.92. The number of nitrogens with one attached hydrogen (secondary N) is 1. The van der Waals surface area contributed by atoms with Gasteiger partial charge in [0.1, 0.15) is 6.54 Å². The van der Waals surface area contributed by atoms with Crippen molar-refractivity contribution in [2.45, 2.75) is 32.4 Å². The molecule has 2 N–H and O–H groups in total. The second kappa shape index (κ2) is 7.67. The van der Waals surface area contributed by atoms with Crippen LogP contribution in [0.1, 0.15) is 18.1 Å². The highest BCUT2D eigenvalue weighted by Crippen LogP contribution is 2.29. The van der Waals surface area contributed by atoms with E-state index >= 15 is 0 Å². The van der Waals surface area contributed by atoms with Gasteiger partial charge in [-0.1, -0.05) is 24.3 Å². The minimum Gasteiger partial charge on any atom is -0.480 e. The fourth-order valence-electron chi connectivity index (χ4n) is 3.45. The van der Waals surface area contributed by atoms with Crippen molar-refractivity contribution in [2.24, 2.45) is 0 Å². The maximum absolute atomic E-state index is 10.9. The Balaban J connectivity index is 1.49. The summed E-state index contributed by atoms with van der Waals surface area (Å²) >= 11 is 0. The second-order valence-corrected chi connectivity index (χ2v) is 6.69. The van der Waals surface area contributed by atoms with E-state index in [9.17, 15) is 4.79 Å². The predicted molar refractivity (Wildman–Crippen MR) is 103 cm³/mol. The Morgan fingerprint density at radius 1 is 1.25 bits per heavy atom. The van der Waals surface area contributed by atoms with Crippen LogP contribution in [0.5, 0.6) is 5.88 Å². The van der Waals surface area contributed by atoms with Crippen molar-refractivity contribution in [3.63, 3.8) is 0 Å². The van der Waals surface area contributed by atoms with Gasteiger partial charge in [0.25, 0.3) is 0 Å². The number of nitrogens with zero attached hydrogens (tertiary/aromatic N) is 4. The Morgan fingerprint density at radius 3 is 2.54 bits per heavy atom. The molecule has 0 spiro atoms. The fourth-order valence-corrected chi connectivity index (χ4v) is 3.45. The lowest BCUT2D eigenvalue weighted by Crippen LogP contribution is -2.20. The summed E-state index contributed by atoms with van der Waals surface area (Å²) in [6, 6.07) is 8.72. The van der Waals surface area contributed by atoms with Crippen LogP contribution in [-0.2, 0) is 24.2 Å². The normalized spacial score (nSPS) is 13.3. The van der Waals surface area contributed by atoms with E-state index in [1.165, 1.54) is 15.8 Å². The summed E-state index contributed by atoms with van der Waals surface area (Å²) in [5.74, 6) is -0.0257. The average Bonchev–Trinajstić information content (AvgIpc) is 3.25. The lowest BCUT2D eigenvalue weighted by atomic mass is 10.1. The molecule has 1 aromatic carbocycles. The number of benzene rings is 1. The Morgan fingerprint density at radius 2 is 1.93 bits per heavy atom. The quantitative estimate of drug-likeness (QED) is 0.650. The minimum atomic E-state index is -0.967. The van der Waals surface area contributed by atoms with E-state index in [1.807, 2.05) is 6.92 Å². The van der Waals surface area contributed by atoms with E-state index in [4.69, 9.17) is 9.84 Å². The van der Waals surface area contributed by atoms with E-state index in [-0.39, 0.29) is 12.6 Å². The van der Waals surface area contributed by atoms with Gasteiger partial charge in [-0.05, 0) is 30.9 Å². The van der Waals surface area contributed by atoms with Crippen molar-refractivity contribution < 1.29 is 14.6 Å². The number of carboxylic acid groups (broad SMARTS) is 1. The molecular formula is C20H21N5O3. The van der Waals surface area contributed by atoms with Gasteiger partial charge in [0.15, 0.2) is 0 Å². The highest BCUT2D eigenvalue weighted by atomic mass is 16.5. The topological polar surface area (TPSA) is 102 Å². The SMILES string of the molecule is CCOc1nn(CC(=O)O)cc1-c1cnc(NC2Cc3ccccc3C2)nc1. The van der Waals surface area contributed by atoms with Crippen molar-refractivity contribution in [3.8, 4) is 17.0 Å². The Labute approximate surface area is 162 Å². The molecule has 0 aliphatic heterocycles. The molecule has 144 valence electrons. The first-order valence-electron chi connectivity index (χ1n) is 9.20. The zero-order valence-electron chi connectivity index (χ0n) is 15.5. The first-order chi connectivity index (χ1) is 13.6. The molecule has 0 saturated heterocycles. The van der Waals surface area contributed by atoms with Crippen LogP contribution in [0, 0.1) is 0 Å². The van der Waals surface area contributed by atoms with Crippen LogP contribution in [0.15, 0.2) is 42.9 Å². The second-order valence-electron chi connectivity index (χ2n) is 6.69. The molecule has 1 aliphatic rings. The number of aromatic nitrogens is 4. The predicted octanol–water partition coefficient (Wildman–Crippen LogP) is 2.40. The number of anilines is 1. The monoisotopic (exact) mass is 379 g/mol. The van der Waals surface area contributed by atoms with Crippen LogP contribution in [0.25, 0.3) is 11.1 Å². The van der Waals surface area contributed by atoms with E-state index in [0.717, 1.165) is 18.4 Å². The number of carbonyl (C=O) groups is 1. The number of carboxylic acids is 1. The van der Waals surface area contributed by atoms with E-state index in [2.05, 4.69) is 44.6 Å². The van der Waals surface area contributed by atoms with Crippen LogP contribution in [0.4, 0.5) is 5.95 Å². The first-order valence-corrected chi connectivity index (χ1v) is 9.20.